The van der Waals surface area contributed by atoms with Gasteiger partial charge in [-0.25, -0.2) is 9.78 Å². The highest BCUT2D eigenvalue weighted by Gasteiger charge is 2.24. The monoisotopic (exact) mass is 353 g/mol. The molecule has 1 fully saturated rings. The van der Waals surface area contributed by atoms with Gasteiger partial charge in [-0.2, -0.15) is 0 Å². The Bertz CT molecular complexity index is 829. The van der Waals surface area contributed by atoms with E-state index in [2.05, 4.69) is 15.6 Å². The molecule has 2 aromatic rings. The van der Waals surface area contributed by atoms with Crippen molar-refractivity contribution in [2.75, 3.05) is 11.9 Å². The summed E-state index contributed by atoms with van der Waals surface area (Å²) in [6.07, 6.45) is 1.96. The molecule has 7 nitrogen and oxygen atoms in total. The zero-order valence-electron chi connectivity index (χ0n) is 14.3. The zero-order chi connectivity index (χ0) is 18.5. The second kappa shape index (κ2) is 7.77. The van der Waals surface area contributed by atoms with E-state index in [-0.39, 0.29) is 23.3 Å². The molecular weight excluding hydrogens is 334 g/mol. The van der Waals surface area contributed by atoms with Gasteiger partial charge in [0.05, 0.1) is 12.2 Å². The average molecular weight is 353 g/mol. The van der Waals surface area contributed by atoms with Crippen LogP contribution in [-0.2, 0) is 4.74 Å². The molecule has 1 aliphatic carbocycles. The third kappa shape index (κ3) is 4.44. The summed E-state index contributed by atoms with van der Waals surface area (Å²) >= 11 is 0. The van der Waals surface area contributed by atoms with Crippen LogP contribution >= 0.6 is 0 Å². The second-order valence-corrected chi connectivity index (χ2v) is 5.91. The van der Waals surface area contributed by atoms with Gasteiger partial charge in [-0.3, -0.25) is 9.59 Å². The standard InChI is InChI=1S/C19H19N3O4/c1-2-26-19(25)12-6-8-13(9-7-12)20-17(23)15-4-3-5-16(22-15)18(24)21-14-10-11-14/h3-9,14H,2,10-11H2,1H3,(H,20,23)(H,21,24). The molecule has 1 aromatic heterocycles. The Hall–Kier alpha value is -3.22. The molecule has 7 heteroatoms. The van der Waals surface area contributed by atoms with Crippen LogP contribution in [0, 0.1) is 0 Å². The fraction of sp³-hybridized carbons (Fsp3) is 0.263. The van der Waals surface area contributed by atoms with Crippen molar-refractivity contribution in [1.29, 1.82) is 0 Å². The van der Waals surface area contributed by atoms with E-state index in [9.17, 15) is 14.4 Å². The van der Waals surface area contributed by atoms with Gasteiger partial charge in [0.1, 0.15) is 11.4 Å². The number of carbonyl (C=O) groups is 3. The number of anilines is 1. The van der Waals surface area contributed by atoms with Crippen LogP contribution in [0.25, 0.3) is 0 Å². The molecule has 0 spiro atoms. The molecule has 134 valence electrons. The van der Waals surface area contributed by atoms with Crippen LogP contribution in [0.5, 0.6) is 0 Å². The molecule has 0 bridgehead atoms. The number of ether oxygens (including phenoxy) is 1. The van der Waals surface area contributed by atoms with E-state index in [1.54, 1.807) is 43.3 Å². The Labute approximate surface area is 150 Å². The normalized spacial score (nSPS) is 13.0. The summed E-state index contributed by atoms with van der Waals surface area (Å²) in [6, 6.07) is 11.3. The quantitative estimate of drug-likeness (QED) is 0.777. The largest absolute Gasteiger partial charge is 0.462 e. The third-order valence-electron chi connectivity index (χ3n) is 3.78. The van der Waals surface area contributed by atoms with Gasteiger partial charge in [-0.1, -0.05) is 6.07 Å². The van der Waals surface area contributed by atoms with Gasteiger partial charge in [0.25, 0.3) is 11.8 Å². The van der Waals surface area contributed by atoms with Crippen LogP contribution in [0.3, 0.4) is 0 Å². The van der Waals surface area contributed by atoms with Crippen molar-refractivity contribution in [3.8, 4) is 0 Å². The number of aromatic nitrogens is 1. The lowest BCUT2D eigenvalue weighted by molar-refractivity contribution is 0.0526. The number of hydrogen-bond donors (Lipinski definition) is 2. The minimum absolute atomic E-state index is 0.142. The molecule has 0 aliphatic heterocycles. The molecule has 26 heavy (non-hydrogen) atoms. The highest BCUT2D eigenvalue weighted by atomic mass is 16.5. The molecule has 1 aromatic carbocycles. The first-order valence-corrected chi connectivity index (χ1v) is 8.43. The first-order valence-electron chi connectivity index (χ1n) is 8.43. The van der Waals surface area contributed by atoms with E-state index in [0.29, 0.717) is 17.9 Å². The van der Waals surface area contributed by atoms with Gasteiger partial charge in [0.2, 0.25) is 0 Å². The minimum Gasteiger partial charge on any atom is -0.462 e. The Morgan fingerprint density at radius 1 is 1.04 bits per heavy atom. The second-order valence-electron chi connectivity index (χ2n) is 5.91. The summed E-state index contributed by atoms with van der Waals surface area (Å²) in [7, 11) is 0. The molecule has 1 saturated carbocycles. The predicted octanol–water partition coefficient (Wildman–Crippen LogP) is 2.40. The van der Waals surface area contributed by atoms with Crippen molar-refractivity contribution in [2.45, 2.75) is 25.8 Å². The molecule has 2 N–H and O–H groups in total. The lowest BCUT2D eigenvalue weighted by Crippen LogP contribution is -2.27. The van der Waals surface area contributed by atoms with E-state index in [0.717, 1.165) is 12.8 Å². The smallest absolute Gasteiger partial charge is 0.338 e. The number of rotatable bonds is 6. The van der Waals surface area contributed by atoms with Gasteiger partial charge in [-0.15, -0.1) is 0 Å². The highest BCUT2D eigenvalue weighted by Crippen LogP contribution is 2.19. The predicted molar refractivity (Wildman–Crippen MR) is 95.1 cm³/mol. The lowest BCUT2D eigenvalue weighted by atomic mass is 10.2. The van der Waals surface area contributed by atoms with Crippen molar-refractivity contribution < 1.29 is 19.1 Å². The lowest BCUT2D eigenvalue weighted by Gasteiger charge is -2.07. The summed E-state index contributed by atoms with van der Waals surface area (Å²) in [5, 5.41) is 5.53. The molecule has 3 rings (SSSR count). The van der Waals surface area contributed by atoms with Gasteiger partial charge in [0.15, 0.2) is 0 Å². The highest BCUT2D eigenvalue weighted by molar-refractivity contribution is 6.04. The van der Waals surface area contributed by atoms with Crippen LogP contribution in [0.4, 0.5) is 5.69 Å². The maximum Gasteiger partial charge on any atom is 0.338 e. The number of pyridine rings is 1. The van der Waals surface area contributed by atoms with Gasteiger partial charge in [-0.05, 0) is 56.2 Å². The van der Waals surface area contributed by atoms with E-state index in [4.69, 9.17) is 4.74 Å². The van der Waals surface area contributed by atoms with Crippen molar-refractivity contribution in [1.82, 2.24) is 10.3 Å². The van der Waals surface area contributed by atoms with Crippen LogP contribution in [0.2, 0.25) is 0 Å². The van der Waals surface area contributed by atoms with Crippen LogP contribution in [0.15, 0.2) is 42.5 Å². The number of carbonyl (C=O) groups excluding carboxylic acids is 3. The molecule has 0 saturated heterocycles. The van der Waals surface area contributed by atoms with E-state index in [1.165, 1.54) is 6.07 Å². The zero-order valence-corrected chi connectivity index (χ0v) is 14.3. The molecule has 1 heterocycles. The van der Waals surface area contributed by atoms with Crippen molar-refractivity contribution in [3.63, 3.8) is 0 Å². The summed E-state index contributed by atoms with van der Waals surface area (Å²) < 4.78 is 4.91. The topological polar surface area (TPSA) is 97.4 Å². The molecule has 0 radical (unpaired) electrons. The molecular formula is C19H19N3O4. The summed E-state index contributed by atoms with van der Waals surface area (Å²) in [5.41, 5.74) is 1.27. The third-order valence-corrected chi connectivity index (χ3v) is 3.78. The number of nitrogens with zero attached hydrogens (tertiary/aromatic N) is 1. The van der Waals surface area contributed by atoms with E-state index >= 15 is 0 Å². The number of esters is 1. The SMILES string of the molecule is CCOC(=O)c1ccc(NC(=O)c2cccc(C(=O)NC3CC3)n2)cc1. The molecule has 0 unspecified atom stereocenters. The fourth-order valence-electron chi connectivity index (χ4n) is 2.27. The van der Waals surface area contributed by atoms with Gasteiger partial charge >= 0.3 is 5.97 Å². The van der Waals surface area contributed by atoms with Crippen LogP contribution in [0.1, 0.15) is 51.1 Å². The summed E-state index contributed by atoms with van der Waals surface area (Å²) in [4.78, 5) is 40.1. The molecule has 2 amide bonds. The number of amides is 2. The first kappa shape index (κ1) is 17.6. The van der Waals surface area contributed by atoms with Gasteiger partial charge in [0, 0.05) is 11.7 Å². The average Bonchev–Trinajstić information content (AvgIpc) is 3.46. The fourth-order valence-corrected chi connectivity index (χ4v) is 2.27. The maximum atomic E-state index is 12.3. The van der Waals surface area contributed by atoms with Gasteiger partial charge < -0.3 is 15.4 Å². The summed E-state index contributed by atoms with van der Waals surface area (Å²) in [5.74, 6) is -1.13. The Morgan fingerprint density at radius 3 is 2.31 bits per heavy atom. The Morgan fingerprint density at radius 2 is 1.69 bits per heavy atom. The van der Waals surface area contributed by atoms with E-state index in [1.807, 2.05) is 0 Å². The van der Waals surface area contributed by atoms with Crippen LogP contribution < -0.4 is 10.6 Å². The van der Waals surface area contributed by atoms with E-state index < -0.39 is 11.9 Å². The first-order chi connectivity index (χ1) is 12.6. The molecule has 0 atom stereocenters. The van der Waals surface area contributed by atoms with Crippen molar-refractivity contribution >= 4 is 23.5 Å². The summed E-state index contributed by atoms with van der Waals surface area (Å²) in [6.45, 7) is 2.03. The maximum absolute atomic E-state index is 12.3. The minimum atomic E-state index is -0.435. The van der Waals surface area contributed by atoms with Crippen molar-refractivity contribution in [3.05, 3.63) is 59.4 Å². The number of benzene rings is 1. The number of nitrogens with one attached hydrogen (secondary N) is 2. The Kier molecular flexibility index (Phi) is 5.26. The van der Waals surface area contributed by atoms with Crippen LogP contribution in [-0.4, -0.2) is 35.4 Å². The number of hydrogen-bond acceptors (Lipinski definition) is 5. The molecule has 1 aliphatic rings. The van der Waals surface area contributed by atoms with Crippen molar-refractivity contribution in [2.24, 2.45) is 0 Å². The Balaban J connectivity index is 1.65.